The van der Waals surface area contributed by atoms with Crippen LogP contribution in [0.15, 0.2) is 0 Å². The summed E-state index contributed by atoms with van der Waals surface area (Å²) in [6, 6.07) is 0.0512. The van der Waals surface area contributed by atoms with Crippen molar-refractivity contribution in [1.29, 1.82) is 0 Å². The van der Waals surface area contributed by atoms with E-state index in [2.05, 4.69) is 31.0 Å². The van der Waals surface area contributed by atoms with Gasteiger partial charge in [0.1, 0.15) is 0 Å². The summed E-state index contributed by atoms with van der Waals surface area (Å²) in [6.45, 7) is 7.42. The standard InChI is InChI=1S/C13H24N2O/c1-4-5-11-14-12(9(2)3)13(16)15(11)8-10-6-7-10/h9-12,14H,4-8H2,1-3H3. The van der Waals surface area contributed by atoms with E-state index in [1.807, 2.05) is 0 Å². The lowest BCUT2D eigenvalue weighted by molar-refractivity contribution is -0.131. The molecule has 3 heteroatoms. The number of rotatable bonds is 5. The molecule has 1 aliphatic heterocycles. The van der Waals surface area contributed by atoms with Crippen molar-refractivity contribution in [3.8, 4) is 0 Å². The van der Waals surface area contributed by atoms with Crippen LogP contribution in [0.1, 0.15) is 46.5 Å². The van der Waals surface area contributed by atoms with Gasteiger partial charge >= 0.3 is 0 Å². The summed E-state index contributed by atoms with van der Waals surface area (Å²) >= 11 is 0. The highest BCUT2D eigenvalue weighted by Gasteiger charge is 2.41. The topological polar surface area (TPSA) is 32.3 Å². The van der Waals surface area contributed by atoms with Crippen LogP contribution in [0.5, 0.6) is 0 Å². The average molecular weight is 224 g/mol. The molecule has 1 saturated carbocycles. The number of nitrogens with one attached hydrogen (secondary N) is 1. The Balaban J connectivity index is 2.01. The Morgan fingerprint density at radius 1 is 1.44 bits per heavy atom. The van der Waals surface area contributed by atoms with Crippen molar-refractivity contribution in [3.05, 3.63) is 0 Å². The molecule has 3 nitrogen and oxygen atoms in total. The van der Waals surface area contributed by atoms with Crippen LogP contribution in [0.4, 0.5) is 0 Å². The fourth-order valence-electron chi connectivity index (χ4n) is 2.49. The quantitative estimate of drug-likeness (QED) is 0.774. The van der Waals surface area contributed by atoms with E-state index in [-0.39, 0.29) is 6.04 Å². The van der Waals surface area contributed by atoms with Gasteiger partial charge in [0.25, 0.3) is 0 Å². The summed E-state index contributed by atoms with van der Waals surface area (Å²) in [6.07, 6.45) is 5.15. The summed E-state index contributed by atoms with van der Waals surface area (Å²) in [7, 11) is 0. The molecular formula is C13H24N2O. The average Bonchev–Trinajstić information content (AvgIpc) is 2.98. The third kappa shape index (κ3) is 2.40. The third-order valence-electron chi connectivity index (χ3n) is 3.68. The van der Waals surface area contributed by atoms with Gasteiger partial charge in [0.05, 0.1) is 12.2 Å². The van der Waals surface area contributed by atoms with Crippen molar-refractivity contribution < 1.29 is 4.79 Å². The SMILES string of the molecule is CCCC1NC(C(C)C)C(=O)N1CC1CC1. The van der Waals surface area contributed by atoms with Crippen LogP contribution in [-0.2, 0) is 4.79 Å². The molecule has 1 saturated heterocycles. The molecule has 0 bridgehead atoms. The monoisotopic (exact) mass is 224 g/mol. The second kappa shape index (κ2) is 4.74. The smallest absolute Gasteiger partial charge is 0.241 e. The molecule has 0 aromatic heterocycles. The highest BCUT2D eigenvalue weighted by molar-refractivity contribution is 5.84. The Bertz CT molecular complexity index is 261. The van der Waals surface area contributed by atoms with Crippen molar-refractivity contribution in [2.45, 2.75) is 58.7 Å². The minimum absolute atomic E-state index is 0.0512. The number of hydrogen-bond acceptors (Lipinski definition) is 2. The molecular weight excluding hydrogens is 200 g/mol. The van der Waals surface area contributed by atoms with E-state index in [0.717, 1.165) is 25.3 Å². The zero-order chi connectivity index (χ0) is 11.7. The van der Waals surface area contributed by atoms with Gasteiger partial charge in [-0.2, -0.15) is 0 Å². The van der Waals surface area contributed by atoms with Crippen molar-refractivity contribution >= 4 is 5.91 Å². The normalized spacial score (nSPS) is 30.5. The van der Waals surface area contributed by atoms with Crippen LogP contribution in [0, 0.1) is 11.8 Å². The summed E-state index contributed by atoms with van der Waals surface area (Å²) in [5.74, 6) is 1.52. The zero-order valence-electron chi connectivity index (χ0n) is 10.7. The lowest BCUT2D eigenvalue weighted by atomic mass is 10.1. The Labute approximate surface area is 98.6 Å². The molecule has 0 aromatic carbocycles. The summed E-state index contributed by atoms with van der Waals surface area (Å²) in [5, 5.41) is 3.50. The van der Waals surface area contributed by atoms with Crippen molar-refractivity contribution in [3.63, 3.8) is 0 Å². The minimum atomic E-state index is 0.0512. The first-order valence-electron chi connectivity index (χ1n) is 6.70. The molecule has 2 atom stereocenters. The van der Waals surface area contributed by atoms with E-state index >= 15 is 0 Å². The summed E-state index contributed by atoms with van der Waals surface area (Å²) in [4.78, 5) is 14.4. The van der Waals surface area contributed by atoms with Crippen LogP contribution in [-0.4, -0.2) is 29.6 Å². The first-order valence-corrected chi connectivity index (χ1v) is 6.70. The third-order valence-corrected chi connectivity index (χ3v) is 3.68. The van der Waals surface area contributed by atoms with Crippen LogP contribution >= 0.6 is 0 Å². The van der Waals surface area contributed by atoms with E-state index in [1.54, 1.807) is 0 Å². The fraction of sp³-hybridized carbons (Fsp3) is 0.923. The predicted molar refractivity (Wildman–Crippen MR) is 64.9 cm³/mol. The maximum Gasteiger partial charge on any atom is 0.241 e. The van der Waals surface area contributed by atoms with Crippen molar-refractivity contribution in [2.24, 2.45) is 11.8 Å². The van der Waals surface area contributed by atoms with Crippen LogP contribution < -0.4 is 5.32 Å². The van der Waals surface area contributed by atoms with Gasteiger partial charge < -0.3 is 4.90 Å². The number of hydrogen-bond donors (Lipinski definition) is 1. The zero-order valence-corrected chi connectivity index (χ0v) is 10.7. The highest BCUT2D eigenvalue weighted by Crippen LogP contribution is 2.32. The second-order valence-electron chi connectivity index (χ2n) is 5.63. The first-order chi connectivity index (χ1) is 7.63. The van der Waals surface area contributed by atoms with Gasteiger partial charge in [0, 0.05) is 6.54 Å². The second-order valence-corrected chi connectivity index (χ2v) is 5.63. The van der Waals surface area contributed by atoms with Gasteiger partial charge in [-0.3, -0.25) is 10.1 Å². The van der Waals surface area contributed by atoms with E-state index in [4.69, 9.17) is 0 Å². The summed E-state index contributed by atoms with van der Waals surface area (Å²) in [5.41, 5.74) is 0. The molecule has 2 fully saturated rings. The van der Waals surface area contributed by atoms with Gasteiger partial charge in [-0.25, -0.2) is 0 Å². The molecule has 92 valence electrons. The fourth-order valence-corrected chi connectivity index (χ4v) is 2.49. The van der Waals surface area contributed by atoms with Crippen molar-refractivity contribution in [1.82, 2.24) is 10.2 Å². The molecule has 0 spiro atoms. The molecule has 1 amide bonds. The maximum absolute atomic E-state index is 12.3. The van der Waals surface area contributed by atoms with Gasteiger partial charge in [0.15, 0.2) is 0 Å². The van der Waals surface area contributed by atoms with Gasteiger partial charge in [0.2, 0.25) is 5.91 Å². The predicted octanol–water partition coefficient (Wildman–Crippen LogP) is 1.98. The van der Waals surface area contributed by atoms with Crippen LogP contribution in [0.25, 0.3) is 0 Å². The Hall–Kier alpha value is -0.570. The molecule has 1 N–H and O–H groups in total. The molecule has 0 aromatic rings. The lowest BCUT2D eigenvalue weighted by Gasteiger charge is -2.23. The molecule has 2 rings (SSSR count). The number of carbonyl (C=O) groups is 1. The molecule has 16 heavy (non-hydrogen) atoms. The number of nitrogens with zero attached hydrogens (tertiary/aromatic N) is 1. The van der Waals surface area contributed by atoms with Gasteiger partial charge in [-0.05, 0) is 31.1 Å². The van der Waals surface area contributed by atoms with E-state index < -0.39 is 0 Å². The first kappa shape index (κ1) is 11.9. The Morgan fingerprint density at radius 2 is 2.12 bits per heavy atom. The van der Waals surface area contributed by atoms with Crippen molar-refractivity contribution in [2.75, 3.05) is 6.54 Å². The maximum atomic E-state index is 12.3. The summed E-state index contributed by atoms with van der Waals surface area (Å²) < 4.78 is 0. The van der Waals surface area contributed by atoms with Gasteiger partial charge in [-0.15, -0.1) is 0 Å². The lowest BCUT2D eigenvalue weighted by Crippen LogP contribution is -2.38. The Morgan fingerprint density at radius 3 is 2.62 bits per heavy atom. The van der Waals surface area contributed by atoms with Gasteiger partial charge in [-0.1, -0.05) is 27.2 Å². The number of carbonyl (C=O) groups excluding carboxylic acids is 1. The van der Waals surface area contributed by atoms with E-state index in [0.29, 0.717) is 18.0 Å². The number of amides is 1. The minimum Gasteiger partial charge on any atom is -0.326 e. The van der Waals surface area contributed by atoms with Crippen LogP contribution in [0.2, 0.25) is 0 Å². The van der Waals surface area contributed by atoms with Crippen LogP contribution in [0.3, 0.4) is 0 Å². The van der Waals surface area contributed by atoms with E-state index in [1.165, 1.54) is 12.8 Å². The highest BCUT2D eigenvalue weighted by atomic mass is 16.2. The molecule has 1 heterocycles. The molecule has 2 unspecified atom stereocenters. The largest absolute Gasteiger partial charge is 0.326 e. The molecule has 0 radical (unpaired) electrons. The molecule has 1 aliphatic carbocycles. The van der Waals surface area contributed by atoms with E-state index in [9.17, 15) is 4.79 Å². The molecule has 2 aliphatic rings. The Kier molecular flexibility index (Phi) is 3.53.